The molecule has 0 aromatic heterocycles. The van der Waals surface area contributed by atoms with E-state index in [4.69, 9.17) is 0 Å². The Morgan fingerprint density at radius 1 is 1.16 bits per heavy atom. The lowest BCUT2D eigenvalue weighted by atomic mass is 9.54. The highest BCUT2D eigenvalue weighted by atomic mass is 16.3. The fraction of sp³-hybridized carbons (Fsp3) is 0.647. The van der Waals surface area contributed by atoms with Crippen LogP contribution in [0.2, 0.25) is 0 Å². The minimum atomic E-state index is -0.0700. The first-order chi connectivity index (χ1) is 9.07. The summed E-state index contributed by atoms with van der Waals surface area (Å²) >= 11 is 0. The van der Waals surface area contributed by atoms with E-state index in [0.29, 0.717) is 5.92 Å². The summed E-state index contributed by atoms with van der Waals surface area (Å²) in [6.07, 6.45) is 3.39. The fourth-order valence-electron chi connectivity index (χ4n) is 5.07. The Morgan fingerprint density at radius 2 is 1.89 bits per heavy atom. The summed E-state index contributed by atoms with van der Waals surface area (Å²) in [6, 6.07) is 8.56. The zero-order chi connectivity index (χ0) is 13.7. The summed E-state index contributed by atoms with van der Waals surface area (Å²) in [5.74, 6) is 0.528. The highest BCUT2D eigenvalue weighted by Crippen LogP contribution is 2.62. The Bertz CT molecular complexity index is 484. The number of aliphatic hydroxyl groups excluding tert-OH is 2. The maximum absolute atomic E-state index is 9.92. The second-order valence-corrected chi connectivity index (χ2v) is 6.94. The van der Waals surface area contributed by atoms with Crippen LogP contribution in [-0.2, 0) is 5.41 Å². The van der Waals surface area contributed by atoms with Crippen LogP contribution in [0.25, 0.3) is 0 Å². The predicted octanol–water partition coefficient (Wildman–Crippen LogP) is 2.83. The van der Waals surface area contributed by atoms with Crippen LogP contribution in [0.15, 0.2) is 24.3 Å². The molecule has 0 heterocycles. The van der Waals surface area contributed by atoms with Gasteiger partial charge in [-0.3, -0.25) is 0 Å². The van der Waals surface area contributed by atoms with Crippen molar-refractivity contribution in [2.24, 2.45) is 11.3 Å². The number of rotatable bonds is 2. The largest absolute Gasteiger partial charge is 0.396 e. The molecule has 1 aromatic carbocycles. The maximum atomic E-state index is 9.92. The van der Waals surface area contributed by atoms with Crippen LogP contribution in [0.5, 0.6) is 0 Å². The van der Waals surface area contributed by atoms with Crippen molar-refractivity contribution in [3.8, 4) is 0 Å². The highest BCUT2D eigenvalue weighted by molar-refractivity contribution is 5.45. The molecule has 0 aliphatic heterocycles. The van der Waals surface area contributed by atoms with Gasteiger partial charge in [-0.1, -0.05) is 44.5 Å². The molecule has 1 aromatic rings. The number of benzene rings is 1. The second kappa shape index (κ2) is 4.32. The summed E-state index contributed by atoms with van der Waals surface area (Å²) < 4.78 is 0. The van der Waals surface area contributed by atoms with Gasteiger partial charge in [0.1, 0.15) is 0 Å². The molecular formula is C17H24O2. The van der Waals surface area contributed by atoms with Crippen molar-refractivity contribution in [3.05, 3.63) is 35.4 Å². The van der Waals surface area contributed by atoms with Crippen molar-refractivity contribution in [1.82, 2.24) is 0 Å². The molecule has 2 nitrogen and oxygen atoms in total. The number of hydrogen-bond acceptors (Lipinski definition) is 2. The van der Waals surface area contributed by atoms with E-state index in [2.05, 4.69) is 38.1 Å². The smallest absolute Gasteiger partial charge is 0.0503 e. The molecule has 4 atom stereocenters. The maximum Gasteiger partial charge on any atom is 0.0503 e. The average Bonchev–Trinajstić information content (AvgIpc) is 2.69. The van der Waals surface area contributed by atoms with Gasteiger partial charge < -0.3 is 10.2 Å². The number of hydrogen-bond donors (Lipinski definition) is 2. The van der Waals surface area contributed by atoms with Crippen molar-refractivity contribution in [1.29, 1.82) is 0 Å². The topological polar surface area (TPSA) is 40.5 Å². The van der Waals surface area contributed by atoms with Crippen molar-refractivity contribution >= 4 is 0 Å². The molecule has 0 radical (unpaired) electrons. The first-order valence-corrected chi connectivity index (χ1v) is 7.38. The molecule has 19 heavy (non-hydrogen) atoms. The van der Waals surface area contributed by atoms with Crippen LogP contribution < -0.4 is 0 Å². The third-order valence-electron chi connectivity index (χ3n) is 5.82. The molecule has 104 valence electrons. The number of aliphatic hydroxyl groups is 2. The Labute approximate surface area is 115 Å². The zero-order valence-electron chi connectivity index (χ0n) is 11.9. The van der Waals surface area contributed by atoms with Crippen molar-refractivity contribution in [2.75, 3.05) is 13.2 Å². The molecule has 0 saturated heterocycles. The first kappa shape index (κ1) is 13.1. The summed E-state index contributed by atoms with van der Waals surface area (Å²) in [5, 5.41) is 19.8. The minimum absolute atomic E-state index is 0.0700. The third-order valence-corrected chi connectivity index (χ3v) is 5.82. The van der Waals surface area contributed by atoms with Gasteiger partial charge in [0.2, 0.25) is 0 Å². The van der Waals surface area contributed by atoms with Gasteiger partial charge in [0, 0.05) is 12.5 Å². The zero-order valence-corrected chi connectivity index (χ0v) is 11.9. The second-order valence-electron chi connectivity index (χ2n) is 6.94. The van der Waals surface area contributed by atoms with Crippen LogP contribution in [0.3, 0.4) is 0 Å². The van der Waals surface area contributed by atoms with Gasteiger partial charge in [0.05, 0.1) is 6.61 Å². The van der Waals surface area contributed by atoms with E-state index < -0.39 is 0 Å². The van der Waals surface area contributed by atoms with Crippen molar-refractivity contribution in [2.45, 2.75) is 44.4 Å². The first-order valence-electron chi connectivity index (χ1n) is 7.38. The predicted molar refractivity (Wildman–Crippen MR) is 76.2 cm³/mol. The van der Waals surface area contributed by atoms with Gasteiger partial charge in [0.25, 0.3) is 0 Å². The highest BCUT2D eigenvalue weighted by Gasteiger charge is 2.57. The molecule has 2 N–H and O–H groups in total. The van der Waals surface area contributed by atoms with E-state index in [1.54, 1.807) is 0 Å². The molecular weight excluding hydrogens is 236 g/mol. The van der Waals surface area contributed by atoms with E-state index in [9.17, 15) is 10.2 Å². The van der Waals surface area contributed by atoms with Crippen LogP contribution >= 0.6 is 0 Å². The molecule has 1 saturated carbocycles. The van der Waals surface area contributed by atoms with Gasteiger partial charge >= 0.3 is 0 Å². The summed E-state index contributed by atoms with van der Waals surface area (Å²) in [4.78, 5) is 0. The Balaban J connectivity index is 2.17. The molecule has 0 bridgehead atoms. The average molecular weight is 260 g/mol. The van der Waals surface area contributed by atoms with Crippen LogP contribution in [0.4, 0.5) is 0 Å². The SMILES string of the molecule is CC1(CO)CCCC2(C)c3ccccc3C(CO)C12. The fourth-order valence-corrected chi connectivity index (χ4v) is 5.07. The van der Waals surface area contributed by atoms with Crippen LogP contribution in [0.1, 0.15) is 50.2 Å². The standard InChI is InChI=1S/C17H24O2/c1-16(11-19)8-5-9-17(2)14-7-4-3-6-12(14)13(10-18)15(16)17/h3-4,6-7,13,15,18-19H,5,8-11H2,1-2H3. The van der Waals surface area contributed by atoms with Crippen LogP contribution in [0, 0.1) is 11.3 Å². The summed E-state index contributed by atoms with van der Waals surface area (Å²) in [5.41, 5.74) is 2.75. The summed E-state index contributed by atoms with van der Waals surface area (Å²) in [7, 11) is 0. The number of fused-ring (bicyclic) bond motifs is 3. The molecule has 0 spiro atoms. The van der Waals surface area contributed by atoms with Gasteiger partial charge in [-0.25, -0.2) is 0 Å². The molecule has 2 heteroatoms. The molecule has 1 fully saturated rings. The normalized spacial score (nSPS) is 40.8. The lowest BCUT2D eigenvalue weighted by Gasteiger charge is -2.50. The third kappa shape index (κ3) is 1.63. The molecule has 2 aliphatic rings. The van der Waals surface area contributed by atoms with Gasteiger partial charge in [-0.05, 0) is 40.7 Å². The van der Waals surface area contributed by atoms with E-state index in [0.717, 1.165) is 12.8 Å². The van der Waals surface area contributed by atoms with Gasteiger partial charge in [-0.2, -0.15) is 0 Å². The van der Waals surface area contributed by atoms with E-state index in [-0.39, 0.29) is 30.0 Å². The Morgan fingerprint density at radius 3 is 2.58 bits per heavy atom. The van der Waals surface area contributed by atoms with E-state index >= 15 is 0 Å². The summed E-state index contributed by atoms with van der Waals surface area (Å²) in [6.45, 7) is 4.94. The van der Waals surface area contributed by atoms with Gasteiger partial charge in [-0.15, -0.1) is 0 Å². The Hall–Kier alpha value is -0.860. The molecule has 3 rings (SSSR count). The lowest BCUT2D eigenvalue weighted by Crippen LogP contribution is -2.47. The molecule has 0 amide bonds. The Kier molecular flexibility index (Phi) is 2.99. The lowest BCUT2D eigenvalue weighted by molar-refractivity contribution is -0.0211. The van der Waals surface area contributed by atoms with E-state index in [1.165, 1.54) is 17.5 Å². The van der Waals surface area contributed by atoms with Crippen molar-refractivity contribution in [3.63, 3.8) is 0 Å². The quantitative estimate of drug-likeness (QED) is 0.858. The van der Waals surface area contributed by atoms with Gasteiger partial charge in [0.15, 0.2) is 0 Å². The van der Waals surface area contributed by atoms with Crippen molar-refractivity contribution < 1.29 is 10.2 Å². The molecule has 2 aliphatic carbocycles. The van der Waals surface area contributed by atoms with E-state index in [1.807, 2.05) is 0 Å². The van der Waals surface area contributed by atoms with Crippen LogP contribution in [-0.4, -0.2) is 23.4 Å². The molecule has 4 unspecified atom stereocenters. The monoisotopic (exact) mass is 260 g/mol. The minimum Gasteiger partial charge on any atom is -0.396 e.